The lowest BCUT2D eigenvalue weighted by atomic mass is 9.90. The predicted molar refractivity (Wildman–Crippen MR) is 246 cm³/mol. The van der Waals surface area contributed by atoms with Crippen LogP contribution in [0.2, 0.25) is 0 Å². The van der Waals surface area contributed by atoms with Gasteiger partial charge in [-0.05, 0) is 83.5 Å². The van der Waals surface area contributed by atoms with Gasteiger partial charge in [0.25, 0.3) is 0 Å². The number of ketones is 1. The van der Waals surface area contributed by atoms with Crippen molar-refractivity contribution in [1.82, 2.24) is 4.58 Å². The summed E-state index contributed by atoms with van der Waals surface area (Å²) in [6.07, 6.45) is 0.715. The number of anilines is 2. The van der Waals surface area contributed by atoms with Crippen molar-refractivity contribution in [2.24, 2.45) is 0 Å². The lowest BCUT2D eigenvalue weighted by Crippen LogP contribution is -2.24. The summed E-state index contributed by atoms with van der Waals surface area (Å²) >= 11 is 0. The van der Waals surface area contributed by atoms with E-state index in [4.69, 9.17) is 9.15 Å². The minimum absolute atomic E-state index is 0.0244. The van der Waals surface area contributed by atoms with E-state index in [-0.39, 0.29) is 18.8 Å². The monoisotopic (exact) mass is 789 g/mol. The molecule has 0 atom stereocenters. The van der Waals surface area contributed by atoms with E-state index in [9.17, 15) is 9.59 Å². The van der Waals surface area contributed by atoms with Crippen LogP contribution in [0.3, 0.4) is 0 Å². The zero-order chi connectivity index (χ0) is 42.7. The summed E-state index contributed by atoms with van der Waals surface area (Å²) < 4.78 is 15.1. The highest BCUT2D eigenvalue weighted by Crippen LogP contribution is 2.44. The highest BCUT2D eigenvalue weighted by atomic mass is 16.5. The Morgan fingerprint density at radius 1 is 0.729 bits per heavy atom. The first-order chi connectivity index (χ1) is 28.1. The molecule has 0 N–H and O–H groups in total. The molecule has 1 aliphatic carbocycles. The largest absolute Gasteiger partial charge is 0.462 e. The van der Waals surface area contributed by atoms with Crippen molar-refractivity contribution in [3.05, 3.63) is 142 Å². The van der Waals surface area contributed by atoms with Crippen LogP contribution in [0.1, 0.15) is 131 Å². The first-order valence-electron chi connectivity index (χ1n) is 21.1. The van der Waals surface area contributed by atoms with Crippen molar-refractivity contribution in [2.45, 2.75) is 98.8 Å². The van der Waals surface area contributed by atoms with Crippen molar-refractivity contribution in [3.63, 3.8) is 0 Å². The average Bonchev–Trinajstić information content (AvgIpc) is 3.22. The predicted octanol–water partition coefficient (Wildman–Crippen LogP) is 13.3. The summed E-state index contributed by atoms with van der Waals surface area (Å²) in [7, 11) is 4.27. The van der Waals surface area contributed by atoms with Gasteiger partial charge >= 0.3 is 5.97 Å². The number of benzene rings is 5. The summed E-state index contributed by atoms with van der Waals surface area (Å²) in [5, 5.41) is 1.88. The standard InChI is InChI=1S/C53H61N2O4/c1-32(2)39-20-15-21-40(33(3)4)51(39)54(11)37-25-27-45-48(30-37)59-49-31-38(55(12)52-41(34(5)6)22-16-23-42(52)35(7)8)26-28-46(49)50(45)43-18-13-14-19-44(43)53(57)58-29-17-24-47(56)36(9)10/h13-16,18-23,25-28,30-35H,9,17,24,29H2,1-8,10-12H3/q+1. The topological polar surface area (TPSA) is 62.8 Å². The molecule has 0 fully saturated rings. The Hall–Kier alpha value is -5.75. The third kappa shape index (κ3) is 8.83. The molecule has 4 aromatic rings. The lowest BCUT2D eigenvalue weighted by Gasteiger charge is -2.29. The number of hydrogen-bond acceptors (Lipinski definition) is 5. The molecule has 1 aliphatic heterocycles. The van der Waals surface area contributed by atoms with Gasteiger partial charge in [0.1, 0.15) is 18.4 Å². The van der Waals surface area contributed by atoms with Gasteiger partial charge in [0.15, 0.2) is 5.78 Å². The third-order valence-electron chi connectivity index (χ3n) is 11.5. The van der Waals surface area contributed by atoms with E-state index in [1.165, 1.54) is 33.6 Å². The molecule has 4 aromatic carbocycles. The van der Waals surface area contributed by atoms with Gasteiger partial charge in [-0.15, -0.1) is 0 Å². The molecule has 6 nitrogen and oxygen atoms in total. The van der Waals surface area contributed by atoms with E-state index >= 15 is 0 Å². The number of carbonyl (C=O) groups excluding carboxylic acids is 2. The summed E-state index contributed by atoms with van der Waals surface area (Å²) in [6.45, 7) is 23.5. The SMILES string of the molecule is C=C(C)C(=O)CCCOC(=O)c1ccccc1-c1c2ccc(=[N+](C)c3c(C(C)C)cccc3C(C)C)cc-2oc2cc(N(C)c3c(C(C)C)cccc3C(C)C)ccc12. The number of para-hydroxylation sites is 2. The average molecular weight is 790 g/mol. The maximum Gasteiger partial charge on any atom is 0.338 e. The number of esters is 1. The van der Waals surface area contributed by atoms with Crippen LogP contribution in [-0.4, -0.2) is 32.5 Å². The molecular formula is C53H61N2O4+. The number of Topliss-reactive ketones (excluding diaryl/α,β-unsaturated/α-hetero) is 1. The van der Waals surface area contributed by atoms with E-state index in [0.717, 1.165) is 33.1 Å². The zero-order valence-electron chi connectivity index (χ0n) is 36.9. The number of fused-ring (bicyclic) bond motifs is 2. The minimum Gasteiger partial charge on any atom is -0.462 e. The van der Waals surface area contributed by atoms with Gasteiger partial charge in [-0.1, -0.05) is 117 Å². The highest BCUT2D eigenvalue weighted by Gasteiger charge is 2.26. The van der Waals surface area contributed by atoms with Gasteiger partial charge in [-0.25, -0.2) is 4.79 Å². The van der Waals surface area contributed by atoms with Gasteiger partial charge < -0.3 is 14.1 Å². The normalized spacial score (nSPS) is 12.3. The number of allylic oxidation sites excluding steroid dienone is 1. The van der Waals surface area contributed by atoms with E-state index < -0.39 is 5.97 Å². The zero-order valence-corrected chi connectivity index (χ0v) is 36.9. The smallest absolute Gasteiger partial charge is 0.338 e. The molecule has 6 heteroatoms. The Morgan fingerprint density at radius 3 is 1.92 bits per heavy atom. The number of ether oxygens (including phenoxy) is 1. The molecule has 0 saturated heterocycles. The minimum atomic E-state index is -0.434. The van der Waals surface area contributed by atoms with E-state index in [0.29, 0.717) is 52.6 Å². The Labute approximate surface area is 351 Å². The first-order valence-corrected chi connectivity index (χ1v) is 21.1. The van der Waals surface area contributed by atoms with Gasteiger partial charge in [0.05, 0.1) is 18.2 Å². The van der Waals surface area contributed by atoms with Gasteiger partial charge in [-0.2, -0.15) is 4.58 Å². The maximum absolute atomic E-state index is 13.9. The number of nitrogens with zero attached hydrogens (tertiary/aromatic N) is 2. The highest BCUT2D eigenvalue weighted by molar-refractivity contribution is 6.08. The van der Waals surface area contributed by atoms with Crippen molar-refractivity contribution in [2.75, 3.05) is 25.6 Å². The lowest BCUT2D eigenvalue weighted by molar-refractivity contribution is -0.115. The van der Waals surface area contributed by atoms with Crippen LogP contribution < -0.4 is 14.8 Å². The second-order valence-electron chi connectivity index (χ2n) is 17.1. The molecule has 59 heavy (non-hydrogen) atoms. The molecule has 6 rings (SSSR count). The molecule has 0 spiro atoms. The van der Waals surface area contributed by atoms with Crippen LogP contribution in [0.15, 0.2) is 114 Å². The van der Waals surface area contributed by atoms with Crippen LogP contribution in [0, 0.1) is 0 Å². The molecule has 1 heterocycles. The second-order valence-corrected chi connectivity index (χ2v) is 17.1. The van der Waals surface area contributed by atoms with E-state index in [2.05, 4.69) is 158 Å². The van der Waals surface area contributed by atoms with E-state index in [1.807, 2.05) is 24.3 Å². The molecule has 0 aromatic heterocycles. The van der Waals surface area contributed by atoms with Crippen LogP contribution in [0.5, 0.6) is 0 Å². The summed E-state index contributed by atoms with van der Waals surface area (Å²) in [6, 6.07) is 33.6. The van der Waals surface area contributed by atoms with Crippen LogP contribution in [0.25, 0.3) is 33.4 Å². The number of carbonyl (C=O) groups is 2. The molecule has 306 valence electrons. The molecule has 0 saturated carbocycles. The molecule has 0 radical (unpaired) electrons. The Kier molecular flexibility index (Phi) is 13.1. The summed E-state index contributed by atoms with van der Waals surface area (Å²) in [5.74, 6) is 1.59. The molecular weight excluding hydrogens is 729 g/mol. The van der Waals surface area contributed by atoms with Crippen LogP contribution in [0.4, 0.5) is 17.1 Å². The van der Waals surface area contributed by atoms with Crippen molar-refractivity contribution in [1.29, 1.82) is 0 Å². The fourth-order valence-corrected chi connectivity index (χ4v) is 8.20. The molecule has 2 aliphatic rings. The van der Waals surface area contributed by atoms with Crippen molar-refractivity contribution in [3.8, 4) is 22.5 Å². The third-order valence-corrected chi connectivity index (χ3v) is 11.5. The van der Waals surface area contributed by atoms with Crippen LogP contribution in [-0.2, 0) is 9.53 Å². The second kappa shape index (κ2) is 18.0. The maximum atomic E-state index is 13.9. The molecule has 0 unspecified atom stereocenters. The first kappa shape index (κ1) is 42.8. The molecule has 0 bridgehead atoms. The van der Waals surface area contributed by atoms with Gasteiger partial charge in [0.2, 0.25) is 11.0 Å². The van der Waals surface area contributed by atoms with Gasteiger partial charge in [-0.3, -0.25) is 4.79 Å². The van der Waals surface area contributed by atoms with E-state index in [1.54, 1.807) is 6.92 Å². The molecule has 0 amide bonds. The number of rotatable bonds is 14. The Bertz CT molecular complexity index is 2520. The quantitative estimate of drug-likeness (QED) is 0.0362. The summed E-state index contributed by atoms with van der Waals surface area (Å²) in [4.78, 5) is 28.3. The fourth-order valence-electron chi connectivity index (χ4n) is 8.20. The van der Waals surface area contributed by atoms with Crippen molar-refractivity contribution < 1.29 is 18.7 Å². The van der Waals surface area contributed by atoms with Crippen molar-refractivity contribution >= 4 is 39.8 Å². The Balaban J connectivity index is 1.60. The summed E-state index contributed by atoms with van der Waals surface area (Å²) in [5.41, 5.74) is 12.8. The number of hydrogen-bond donors (Lipinski definition) is 0. The Morgan fingerprint density at radius 2 is 1.32 bits per heavy atom. The van der Waals surface area contributed by atoms with Gasteiger partial charge in [0, 0.05) is 64.6 Å². The van der Waals surface area contributed by atoms with Crippen LogP contribution >= 0.6 is 0 Å². The fraction of sp³-hybridized carbons (Fsp3) is 0.340.